The molecule has 0 radical (unpaired) electrons. The maximum absolute atomic E-state index is 11.4. The summed E-state index contributed by atoms with van der Waals surface area (Å²) < 4.78 is 0. The molecule has 7 rings (SSSR count). The maximum Gasteiger partial charge on any atom is 0.125 e. The first kappa shape index (κ1) is 31.6. The Morgan fingerprint density at radius 2 is 1.07 bits per heavy atom. The average molecular weight is 782 g/mol. The summed E-state index contributed by atoms with van der Waals surface area (Å²) in [7, 11) is 0. The van der Waals surface area contributed by atoms with Crippen LogP contribution in [0.2, 0.25) is 0 Å². The molecule has 46 heavy (non-hydrogen) atoms. The van der Waals surface area contributed by atoms with Gasteiger partial charge in [-0.15, -0.1) is 23.8 Å². The number of hydrogen-bond acceptors (Lipinski definition) is 4. The summed E-state index contributed by atoms with van der Waals surface area (Å²) in [5, 5.41) is 25.8. The average Bonchev–Trinajstić information content (AvgIpc) is 3.02. The quantitative estimate of drug-likeness (QED) is 0.143. The molecular formula is C41H36N3OPt-. The molecule has 0 saturated heterocycles. The van der Waals surface area contributed by atoms with Crippen LogP contribution in [0.3, 0.4) is 0 Å². The molecule has 0 bridgehead atoms. The first-order valence-electron chi connectivity index (χ1n) is 15.4. The van der Waals surface area contributed by atoms with Crippen molar-refractivity contribution in [2.75, 3.05) is 0 Å². The van der Waals surface area contributed by atoms with E-state index in [1.807, 2.05) is 30.3 Å². The minimum Gasteiger partial charge on any atom is -0.507 e. The molecule has 0 aliphatic carbocycles. The number of pyridine rings is 1. The summed E-state index contributed by atoms with van der Waals surface area (Å²) in [5.41, 5.74) is 7.64. The Bertz CT molecular complexity index is 2260. The number of phenolic OH excluding ortho intramolecular Hbond substituents is 1. The minimum absolute atomic E-state index is 0. The molecule has 5 aromatic carbocycles. The second-order valence-electron chi connectivity index (χ2n) is 14.0. The molecule has 4 nitrogen and oxygen atoms in total. The second-order valence-corrected chi connectivity index (χ2v) is 14.0. The molecule has 1 N–H and O–H groups in total. The standard InChI is InChI=1S/C41H36N3O.Pt/c1-40(2,3)32-18-30(17-31(19-32)37-21-27-13-9-10-14-35(27)43-44-37)36-23-33(41(4,5)6)24-38(42-36)34-20-28-15-25-11-7-8-12-26(25)16-29(28)22-39(34)45;/h7-16,18-24,45H,1-6H3;/q-1;. The zero-order chi connectivity index (χ0) is 31.5. The summed E-state index contributed by atoms with van der Waals surface area (Å²) in [4.78, 5) is 5.20. The van der Waals surface area contributed by atoms with E-state index in [1.54, 1.807) is 0 Å². The monoisotopic (exact) mass is 781 g/mol. The van der Waals surface area contributed by atoms with E-state index < -0.39 is 0 Å². The van der Waals surface area contributed by atoms with Crippen molar-refractivity contribution < 1.29 is 26.2 Å². The smallest absolute Gasteiger partial charge is 0.125 e. The Kier molecular flexibility index (Phi) is 8.07. The third-order valence-corrected chi connectivity index (χ3v) is 8.57. The number of fused-ring (bicyclic) bond motifs is 3. The van der Waals surface area contributed by atoms with E-state index in [9.17, 15) is 5.11 Å². The number of aromatic nitrogens is 3. The fourth-order valence-electron chi connectivity index (χ4n) is 5.82. The first-order valence-corrected chi connectivity index (χ1v) is 15.4. The van der Waals surface area contributed by atoms with Crippen molar-refractivity contribution in [1.29, 1.82) is 0 Å². The molecule has 0 saturated carbocycles. The molecule has 232 valence electrons. The summed E-state index contributed by atoms with van der Waals surface area (Å²) in [5.74, 6) is 0.210. The summed E-state index contributed by atoms with van der Waals surface area (Å²) >= 11 is 0. The number of rotatable bonds is 3. The first-order chi connectivity index (χ1) is 21.4. The third-order valence-electron chi connectivity index (χ3n) is 8.57. The van der Waals surface area contributed by atoms with Crippen molar-refractivity contribution in [3.8, 4) is 39.5 Å². The molecule has 0 unspecified atom stereocenters. The number of nitrogens with zero attached hydrogens (tertiary/aromatic N) is 3. The normalized spacial score (nSPS) is 12.0. The molecule has 5 heteroatoms. The van der Waals surface area contributed by atoms with Gasteiger partial charge in [-0.3, -0.25) is 4.98 Å². The van der Waals surface area contributed by atoms with Gasteiger partial charge in [-0.25, -0.2) is 0 Å². The van der Waals surface area contributed by atoms with E-state index in [4.69, 9.17) is 4.98 Å². The van der Waals surface area contributed by atoms with Crippen LogP contribution in [0.4, 0.5) is 0 Å². The molecular weight excluding hydrogens is 746 g/mol. The fourth-order valence-corrected chi connectivity index (χ4v) is 5.82. The summed E-state index contributed by atoms with van der Waals surface area (Å²) in [6, 6.07) is 38.9. The summed E-state index contributed by atoms with van der Waals surface area (Å²) in [6.07, 6.45) is 0. The van der Waals surface area contributed by atoms with Crippen molar-refractivity contribution in [3.63, 3.8) is 0 Å². The van der Waals surface area contributed by atoms with Crippen molar-refractivity contribution in [2.24, 2.45) is 0 Å². The second kappa shape index (κ2) is 11.8. The van der Waals surface area contributed by atoms with E-state index in [2.05, 4.69) is 131 Å². The van der Waals surface area contributed by atoms with Crippen LogP contribution in [-0.2, 0) is 31.9 Å². The van der Waals surface area contributed by atoms with Crippen LogP contribution < -0.4 is 0 Å². The van der Waals surface area contributed by atoms with E-state index in [0.29, 0.717) is 5.56 Å². The van der Waals surface area contributed by atoms with Gasteiger partial charge in [0.25, 0.3) is 0 Å². The van der Waals surface area contributed by atoms with E-state index >= 15 is 0 Å². The largest absolute Gasteiger partial charge is 0.507 e. The molecule has 0 atom stereocenters. The summed E-state index contributed by atoms with van der Waals surface area (Å²) in [6.45, 7) is 13.2. The van der Waals surface area contributed by atoms with Gasteiger partial charge < -0.3 is 5.11 Å². The predicted molar refractivity (Wildman–Crippen MR) is 187 cm³/mol. The number of hydrogen-bond donors (Lipinski definition) is 1. The fraction of sp³-hybridized carbons (Fsp3) is 0.195. The van der Waals surface area contributed by atoms with E-state index in [1.165, 1.54) is 0 Å². The van der Waals surface area contributed by atoms with Gasteiger partial charge in [0.1, 0.15) is 5.75 Å². The molecule has 0 amide bonds. The van der Waals surface area contributed by atoms with Gasteiger partial charge in [0.05, 0.1) is 11.2 Å². The van der Waals surface area contributed by atoms with Crippen LogP contribution in [0.15, 0.2) is 103 Å². The molecule has 0 aliphatic rings. The third kappa shape index (κ3) is 6.07. The van der Waals surface area contributed by atoms with Gasteiger partial charge in [-0.1, -0.05) is 107 Å². The van der Waals surface area contributed by atoms with Gasteiger partial charge in [0, 0.05) is 38.0 Å². The van der Waals surface area contributed by atoms with Gasteiger partial charge in [-0.2, -0.15) is 10.2 Å². The zero-order valence-electron chi connectivity index (χ0n) is 26.9. The van der Waals surface area contributed by atoms with Crippen molar-refractivity contribution in [2.45, 2.75) is 52.4 Å². The van der Waals surface area contributed by atoms with Crippen LogP contribution >= 0.6 is 0 Å². The Balaban J connectivity index is 0.00000372. The Morgan fingerprint density at radius 1 is 0.522 bits per heavy atom. The molecule has 0 fully saturated rings. The Morgan fingerprint density at radius 3 is 1.72 bits per heavy atom. The number of phenols is 1. The molecule has 0 spiro atoms. The topological polar surface area (TPSA) is 58.9 Å². The SMILES string of the molecule is CC(C)(C)c1cc(-c2cc3ccccc3nn2)[c-]c(-c2cc(C(C)(C)C)cc(-c3cc4cc5ccccc5cc4cc3O)n2)c1.[Pt]. The van der Waals surface area contributed by atoms with Crippen molar-refractivity contribution >= 4 is 32.4 Å². The molecule has 7 aromatic rings. The van der Waals surface area contributed by atoms with Crippen molar-refractivity contribution in [3.05, 3.63) is 120 Å². The molecule has 2 aromatic heterocycles. The number of benzene rings is 5. The van der Waals surface area contributed by atoms with Crippen LogP contribution in [-0.4, -0.2) is 20.3 Å². The van der Waals surface area contributed by atoms with E-state index in [0.717, 1.165) is 71.8 Å². The van der Waals surface area contributed by atoms with Crippen LogP contribution in [0.5, 0.6) is 5.75 Å². The van der Waals surface area contributed by atoms with Crippen LogP contribution in [0.1, 0.15) is 52.7 Å². The minimum atomic E-state index is -0.149. The molecule has 0 aliphatic heterocycles. The maximum atomic E-state index is 11.4. The van der Waals surface area contributed by atoms with Gasteiger partial charge >= 0.3 is 0 Å². The zero-order valence-corrected chi connectivity index (χ0v) is 29.2. The molecule has 2 heterocycles. The Labute approximate surface area is 284 Å². The van der Waals surface area contributed by atoms with E-state index in [-0.39, 0.29) is 37.6 Å². The Hall–Kier alpha value is -4.40. The predicted octanol–water partition coefficient (Wildman–Crippen LogP) is 10.4. The van der Waals surface area contributed by atoms with Gasteiger partial charge in [0.2, 0.25) is 0 Å². The van der Waals surface area contributed by atoms with Crippen LogP contribution in [0.25, 0.3) is 66.2 Å². The van der Waals surface area contributed by atoms with Gasteiger partial charge in [-0.05, 0) is 79.7 Å². The van der Waals surface area contributed by atoms with Crippen LogP contribution in [0, 0.1) is 6.07 Å². The van der Waals surface area contributed by atoms with Crippen molar-refractivity contribution in [1.82, 2.24) is 15.2 Å². The number of aromatic hydroxyl groups is 1. The van der Waals surface area contributed by atoms with Gasteiger partial charge in [0.15, 0.2) is 0 Å².